The lowest BCUT2D eigenvalue weighted by Crippen LogP contribution is -2.78. The van der Waals surface area contributed by atoms with Crippen LogP contribution in [0.15, 0.2) is 9.98 Å². The maximum atomic E-state index is 12.8. The highest BCUT2D eigenvalue weighted by Gasteiger charge is 2.73. The monoisotopic (exact) mass is 478 g/mol. The van der Waals surface area contributed by atoms with Crippen LogP contribution in [-0.2, 0) is 4.79 Å². The summed E-state index contributed by atoms with van der Waals surface area (Å²) >= 11 is 0. The van der Waals surface area contributed by atoms with E-state index in [1.807, 2.05) is 0 Å². The SMILES string of the molecule is CN1CC(=O)N(C[C@@H]2N=C(N)N3C[C@H](NC(=O)N4CCCCC4)C(O)(O)[C@@]34NC(N)=N[C@@H]24)C1=O. The van der Waals surface area contributed by atoms with E-state index >= 15 is 0 Å². The van der Waals surface area contributed by atoms with E-state index in [0.29, 0.717) is 13.1 Å². The Labute approximate surface area is 195 Å². The average Bonchev–Trinajstić information content (AvgIpc) is 3.35. The van der Waals surface area contributed by atoms with Gasteiger partial charge in [-0.05, 0) is 19.3 Å². The Bertz CT molecular complexity index is 979. The summed E-state index contributed by atoms with van der Waals surface area (Å²) in [7, 11) is 1.51. The molecule has 4 atom stereocenters. The van der Waals surface area contributed by atoms with Gasteiger partial charge >= 0.3 is 12.1 Å². The van der Waals surface area contributed by atoms with Crippen LogP contribution >= 0.6 is 0 Å². The normalized spacial score (nSPS) is 34.5. The molecule has 0 saturated carbocycles. The molecule has 3 saturated heterocycles. The lowest BCUT2D eigenvalue weighted by molar-refractivity contribution is -0.230. The van der Waals surface area contributed by atoms with Crippen molar-refractivity contribution < 1.29 is 24.6 Å². The predicted molar refractivity (Wildman–Crippen MR) is 118 cm³/mol. The molecule has 1 spiro atoms. The van der Waals surface area contributed by atoms with Gasteiger partial charge in [-0.3, -0.25) is 9.69 Å². The molecular weight excluding hydrogens is 448 g/mol. The quantitative estimate of drug-likeness (QED) is 0.173. The van der Waals surface area contributed by atoms with E-state index in [1.54, 1.807) is 4.90 Å². The summed E-state index contributed by atoms with van der Waals surface area (Å²) < 4.78 is 0. The standard InChI is InChI=1S/C19H30N10O5/c1-26-9-12(30)28(17(26)32)7-10-13-18(25-14(20)24-13)19(33,34)11(8-29(18)15(21)22-10)23-16(31)27-5-3-2-4-6-27/h10-11,13,33-34H,2-9H2,1H3,(H2,21,22)(H,23,31)(H3,20,24,25)/t10-,11-,13-,18-/m0/s1. The van der Waals surface area contributed by atoms with E-state index in [-0.39, 0.29) is 31.6 Å². The van der Waals surface area contributed by atoms with Crippen LogP contribution in [0.1, 0.15) is 19.3 Å². The van der Waals surface area contributed by atoms with Gasteiger partial charge in [-0.25, -0.2) is 19.6 Å². The Morgan fingerprint density at radius 3 is 2.56 bits per heavy atom. The Morgan fingerprint density at radius 1 is 1.21 bits per heavy atom. The van der Waals surface area contributed by atoms with E-state index in [4.69, 9.17) is 11.5 Å². The first-order valence-corrected chi connectivity index (χ1v) is 11.3. The lowest BCUT2D eigenvalue weighted by atomic mass is 9.85. The van der Waals surface area contributed by atoms with E-state index in [9.17, 15) is 24.6 Å². The number of rotatable bonds is 3. The highest BCUT2D eigenvalue weighted by Crippen LogP contribution is 2.45. The van der Waals surface area contributed by atoms with Crippen molar-refractivity contribution in [1.82, 2.24) is 30.2 Å². The number of likely N-dealkylation sites (N-methyl/N-ethyl adjacent to an activating group) is 1. The topological polar surface area (TPSA) is 205 Å². The predicted octanol–water partition coefficient (Wildman–Crippen LogP) is -3.88. The van der Waals surface area contributed by atoms with Crippen LogP contribution in [0.4, 0.5) is 9.59 Å². The summed E-state index contributed by atoms with van der Waals surface area (Å²) in [4.78, 5) is 51.7. The summed E-state index contributed by atoms with van der Waals surface area (Å²) in [6.45, 7) is 0.886. The second kappa shape index (κ2) is 7.59. The number of likely N-dealkylation sites (tertiary alicyclic amines) is 1. The highest BCUT2D eigenvalue weighted by atomic mass is 16.5. The molecule has 0 bridgehead atoms. The molecular formula is C19H30N10O5. The average molecular weight is 479 g/mol. The zero-order valence-corrected chi connectivity index (χ0v) is 18.8. The van der Waals surface area contributed by atoms with Crippen LogP contribution < -0.4 is 22.1 Å². The third-order valence-electron chi connectivity index (χ3n) is 7.34. The molecule has 0 aromatic carbocycles. The largest absolute Gasteiger partial charge is 0.370 e. The van der Waals surface area contributed by atoms with Crippen molar-refractivity contribution in [2.45, 2.75) is 48.8 Å². The zero-order chi connectivity index (χ0) is 24.4. The highest BCUT2D eigenvalue weighted by molar-refractivity contribution is 6.02. The fraction of sp³-hybridized carbons (Fsp3) is 0.737. The van der Waals surface area contributed by atoms with Crippen LogP contribution in [0.5, 0.6) is 0 Å². The van der Waals surface area contributed by atoms with Crippen molar-refractivity contribution in [1.29, 1.82) is 0 Å². The number of piperidine rings is 1. The molecule has 34 heavy (non-hydrogen) atoms. The Balaban J connectivity index is 1.44. The maximum absolute atomic E-state index is 12.8. The fourth-order valence-electron chi connectivity index (χ4n) is 5.61. The minimum absolute atomic E-state index is 0.0479. The van der Waals surface area contributed by atoms with E-state index < -0.39 is 47.5 Å². The molecule has 0 unspecified atom stereocenters. The minimum Gasteiger partial charge on any atom is -0.370 e. The molecule has 0 aromatic rings. The summed E-state index contributed by atoms with van der Waals surface area (Å²) in [5.74, 6) is -3.09. The van der Waals surface area contributed by atoms with Gasteiger partial charge in [-0.15, -0.1) is 0 Å². The first-order valence-electron chi connectivity index (χ1n) is 11.3. The van der Waals surface area contributed by atoms with Crippen molar-refractivity contribution >= 4 is 29.9 Å². The number of hydrogen-bond acceptors (Lipinski definition) is 11. The number of carbonyl (C=O) groups is 3. The van der Waals surface area contributed by atoms with E-state index in [2.05, 4.69) is 20.6 Å². The number of nitrogens with zero attached hydrogens (tertiary/aromatic N) is 6. The third-order valence-corrected chi connectivity index (χ3v) is 7.34. The van der Waals surface area contributed by atoms with Gasteiger partial charge in [0.2, 0.25) is 11.7 Å². The van der Waals surface area contributed by atoms with Crippen molar-refractivity contribution in [3.63, 3.8) is 0 Å². The zero-order valence-electron chi connectivity index (χ0n) is 18.8. The Kier molecular flexibility index (Phi) is 5.02. The summed E-state index contributed by atoms with van der Waals surface area (Å²) in [6.07, 6.45) is 2.81. The number of carbonyl (C=O) groups excluding carboxylic acids is 3. The number of amides is 5. The van der Waals surface area contributed by atoms with Crippen LogP contribution in [0, 0.1) is 0 Å². The van der Waals surface area contributed by atoms with Crippen molar-refractivity contribution in [3.05, 3.63) is 0 Å². The molecule has 5 aliphatic heterocycles. The van der Waals surface area contributed by atoms with E-state index in [0.717, 1.165) is 24.2 Å². The van der Waals surface area contributed by atoms with Crippen LogP contribution in [-0.4, -0.2) is 129 Å². The Hall–Kier alpha value is -3.33. The van der Waals surface area contributed by atoms with Gasteiger partial charge in [-0.1, -0.05) is 0 Å². The number of aliphatic hydroxyl groups is 2. The summed E-state index contributed by atoms with van der Waals surface area (Å²) in [6, 6.07) is -3.93. The first-order chi connectivity index (χ1) is 16.1. The number of aliphatic imine (C=N–C) groups is 2. The lowest BCUT2D eigenvalue weighted by Gasteiger charge is -2.49. The van der Waals surface area contributed by atoms with Gasteiger partial charge in [0.1, 0.15) is 18.6 Å². The number of nitrogens with two attached hydrogens (primary N) is 2. The second-order valence-corrected chi connectivity index (χ2v) is 9.43. The second-order valence-electron chi connectivity index (χ2n) is 9.43. The molecule has 5 heterocycles. The molecule has 15 nitrogen and oxygen atoms in total. The van der Waals surface area contributed by atoms with Crippen molar-refractivity contribution in [2.75, 3.05) is 39.8 Å². The molecule has 5 amide bonds. The molecule has 0 aliphatic carbocycles. The summed E-state index contributed by atoms with van der Waals surface area (Å²) in [5.41, 5.74) is 10.5. The number of hydrogen-bond donors (Lipinski definition) is 6. The van der Waals surface area contributed by atoms with Crippen molar-refractivity contribution in [3.8, 4) is 0 Å². The van der Waals surface area contributed by atoms with Gasteiger partial charge in [-0.2, -0.15) is 0 Å². The summed E-state index contributed by atoms with van der Waals surface area (Å²) in [5, 5.41) is 28.5. The third kappa shape index (κ3) is 3.06. The van der Waals surface area contributed by atoms with Gasteiger partial charge in [0.05, 0.1) is 12.6 Å². The number of guanidine groups is 2. The molecule has 0 radical (unpaired) electrons. The van der Waals surface area contributed by atoms with Crippen molar-refractivity contribution in [2.24, 2.45) is 21.5 Å². The maximum Gasteiger partial charge on any atom is 0.327 e. The van der Waals surface area contributed by atoms with Crippen LogP contribution in [0.2, 0.25) is 0 Å². The Morgan fingerprint density at radius 2 is 1.91 bits per heavy atom. The van der Waals surface area contributed by atoms with E-state index in [1.165, 1.54) is 16.8 Å². The number of imide groups is 1. The minimum atomic E-state index is -2.57. The van der Waals surface area contributed by atoms with Crippen LogP contribution in [0.3, 0.4) is 0 Å². The first kappa shape index (κ1) is 22.5. The molecule has 5 aliphatic rings. The number of urea groups is 2. The van der Waals surface area contributed by atoms with Gasteiger partial charge < -0.3 is 47.0 Å². The molecule has 8 N–H and O–H groups in total. The number of nitrogens with one attached hydrogen (secondary N) is 2. The fourth-order valence-corrected chi connectivity index (χ4v) is 5.61. The smallest absolute Gasteiger partial charge is 0.327 e. The molecule has 0 aromatic heterocycles. The molecule has 3 fully saturated rings. The molecule has 5 rings (SSSR count). The van der Waals surface area contributed by atoms with Gasteiger partial charge in [0.25, 0.3) is 0 Å². The van der Waals surface area contributed by atoms with Gasteiger partial charge in [0, 0.05) is 26.7 Å². The molecule has 186 valence electrons. The molecule has 15 heteroatoms. The van der Waals surface area contributed by atoms with Gasteiger partial charge in [0.15, 0.2) is 17.6 Å². The van der Waals surface area contributed by atoms with Crippen LogP contribution in [0.25, 0.3) is 0 Å².